The molecule has 0 fully saturated rings. The summed E-state index contributed by atoms with van der Waals surface area (Å²) in [6, 6.07) is 17.2. The first-order valence-electron chi connectivity index (χ1n) is 6.10. The molecule has 1 aliphatic rings. The van der Waals surface area contributed by atoms with Gasteiger partial charge in [-0.05, 0) is 35.1 Å². The second-order valence-electron chi connectivity index (χ2n) is 4.50. The van der Waals surface area contributed by atoms with Gasteiger partial charge in [-0.25, -0.2) is 0 Å². The van der Waals surface area contributed by atoms with E-state index in [-0.39, 0.29) is 6.10 Å². The quantitative estimate of drug-likeness (QED) is 0.749. The van der Waals surface area contributed by atoms with Gasteiger partial charge in [0, 0.05) is 7.11 Å². The smallest absolute Gasteiger partial charge is 0.0827 e. The van der Waals surface area contributed by atoms with Crippen LogP contribution in [-0.4, -0.2) is 7.11 Å². The largest absolute Gasteiger partial charge is 0.377 e. The normalized spacial score (nSPS) is 18.1. The van der Waals surface area contributed by atoms with Gasteiger partial charge in [-0.1, -0.05) is 48.5 Å². The van der Waals surface area contributed by atoms with Crippen molar-refractivity contribution in [1.29, 1.82) is 0 Å². The molecular weight excluding hydrogens is 208 g/mol. The van der Waals surface area contributed by atoms with Crippen LogP contribution in [0.1, 0.15) is 23.7 Å². The van der Waals surface area contributed by atoms with E-state index in [9.17, 15) is 0 Å². The van der Waals surface area contributed by atoms with Crippen molar-refractivity contribution in [3.05, 3.63) is 59.7 Å². The van der Waals surface area contributed by atoms with E-state index in [0.717, 1.165) is 12.8 Å². The molecule has 86 valence electrons. The predicted molar refractivity (Wildman–Crippen MR) is 69.9 cm³/mol. The highest BCUT2D eigenvalue weighted by Gasteiger charge is 2.24. The predicted octanol–water partition coefficient (Wildman–Crippen LogP) is 3.99. The Hall–Kier alpha value is -1.60. The molecule has 0 saturated carbocycles. The van der Waals surface area contributed by atoms with Crippen LogP contribution >= 0.6 is 0 Å². The molecule has 2 aromatic rings. The fourth-order valence-corrected chi connectivity index (χ4v) is 2.75. The van der Waals surface area contributed by atoms with Crippen molar-refractivity contribution >= 4 is 0 Å². The van der Waals surface area contributed by atoms with Crippen molar-refractivity contribution in [2.75, 3.05) is 7.11 Å². The molecule has 0 saturated heterocycles. The van der Waals surface area contributed by atoms with E-state index in [4.69, 9.17) is 4.74 Å². The van der Waals surface area contributed by atoms with Gasteiger partial charge in [0.25, 0.3) is 0 Å². The van der Waals surface area contributed by atoms with E-state index in [2.05, 4.69) is 48.5 Å². The fourth-order valence-electron chi connectivity index (χ4n) is 2.75. The average molecular weight is 224 g/mol. The van der Waals surface area contributed by atoms with Gasteiger partial charge < -0.3 is 4.74 Å². The monoisotopic (exact) mass is 224 g/mol. The van der Waals surface area contributed by atoms with Crippen LogP contribution in [0.5, 0.6) is 0 Å². The van der Waals surface area contributed by atoms with E-state index >= 15 is 0 Å². The number of ether oxygens (including phenoxy) is 1. The van der Waals surface area contributed by atoms with E-state index < -0.39 is 0 Å². The topological polar surface area (TPSA) is 9.23 Å². The number of methoxy groups -OCH3 is 1. The lowest BCUT2D eigenvalue weighted by molar-refractivity contribution is 0.105. The van der Waals surface area contributed by atoms with Crippen LogP contribution in [0.15, 0.2) is 48.5 Å². The Kier molecular flexibility index (Phi) is 2.69. The highest BCUT2D eigenvalue weighted by Crippen LogP contribution is 2.38. The lowest BCUT2D eigenvalue weighted by Gasteiger charge is -2.11. The molecule has 1 atom stereocenters. The van der Waals surface area contributed by atoms with Crippen molar-refractivity contribution in [1.82, 2.24) is 0 Å². The molecule has 1 nitrogen and oxygen atoms in total. The lowest BCUT2D eigenvalue weighted by atomic mass is 9.97. The first-order chi connectivity index (χ1) is 8.40. The van der Waals surface area contributed by atoms with E-state index in [0.29, 0.717) is 0 Å². The summed E-state index contributed by atoms with van der Waals surface area (Å²) in [6.07, 6.45) is 2.52. The molecule has 0 radical (unpaired) electrons. The van der Waals surface area contributed by atoms with Gasteiger partial charge in [0.15, 0.2) is 0 Å². The lowest BCUT2D eigenvalue weighted by Crippen LogP contribution is -1.95. The Bertz CT molecular complexity index is 516. The molecule has 0 aliphatic heterocycles. The number of rotatable bonds is 2. The van der Waals surface area contributed by atoms with Crippen molar-refractivity contribution in [2.45, 2.75) is 18.9 Å². The molecule has 2 aromatic carbocycles. The minimum Gasteiger partial charge on any atom is -0.377 e. The first kappa shape index (κ1) is 10.5. The van der Waals surface area contributed by atoms with Crippen LogP contribution in [0, 0.1) is 0 Å². The van der Waals surface area contributed by atoms with Crippen LogP contribution in [0.4, 0.5) is 0 Å². The molecule has 3 rings (SSSR count). The van der Waals surface area contributed by atoms with Crippen molar-refractivity contribution in [3.63, 3.8) is 0 Å². The maximum Gasteiger partial charge on any atom is 0.0827 e. The SMILES string of the molecule is COC1CCc2c(-c3ccccc3)cccc21. The van der Waals surface area contributed by atoms with Crippen LogP contribution in [0.25, 0.3) is 11.1 Å². The summed E-state index contributed by atoms with van der Waals surface area (Å²) < 4.78 is 5.53. The third-order valence-corrected chi connectivity index (χ3v) is 3.58. The Morgan fingerprint density at radius 3 is 2.59 bits per heavy atom. The molecule has 0 bridgehead atoms. The van der Waals surface area contributed by atoms with Crippen LogP contribution < -0.4 is 0 Å². The summed E-state index contributed by atoms with van der Waals surface area (Å²) in [4.78, 5) is 0. The van der Waals surface area contributed by atoms with Crippen molar-refractivity contribution in [3.8, 4) is 11.1 Å². The van der Waals surface area contributed by atoms with Gasteiger partial charge in [0.1, 0.15) is 0 Å². The Labute approximate surface area is 102 Å². The van der Waals surface area contributed by atoms with Crippen LogP contribution in [-0.2, 0) is 11.2 Å². The summed E-state index contributed by atoms with van der Waals surface area (Å²) in [5.74, 6) is 0. The molecule has 0 heterocycles. The Morgan fingerprint density at radius 1 is 1.00 bits per heavy atom. The number of hydrogen-bond donors (Lipinski definition) is 0. The molecule has 0 N–H and O–H groups in total. The molecule has 0 aromatic heterocycles. The minimum atomic E-state index is 0.286. The number of fused-ring (bicyclic) bond motifs is 1. The van der Waals surface area contributed by atoms with E-state index in [1.165, 1.54) is 22.3 Å². The molecule has 1 unspecified atom stereocenters. The zero-order valence-electron chi connectivity index (χ0n) is 10.0. The van der Waals surface area contributed by atoms with Crippen LogP contribution in [0.2, 0.25) is 0 Å². The molecule has 0 spiro atoms. The second-order valence-corrected chi connectivity index (χ2v) is 4.50. The summed E-state index contributed by atoms with van der Waals surface area (Å²) >= 11 is 0. The van der Waals surface area contributed by atoms with Gasteiger partial charge in [-0.15, -0.1) is 0 Å². The van der Waals surface area contributed by atoms with Gasteiger partial charge in [-0.2, -0.15) is 0 Å². The molecular formula is C16H16O. The summed E-state index contributed by atoms with van der Waals surface area (Å²) in [5, 5.41) is 0. The standard InChI is InChI=1S/C16H16O/c1-17-16-11-10-14-13(8-5-9-15(14)16)12-6-3-2-4-7-12/h2-9,16H,10-11H2,1H3. The Balaban J connectivity index is 2.12. The first-order valence-corrected chi connectivity index (χ1v) is 6.10. The maximum atomic E-state index is 5.53. The van der Waals surface area contributed by atoms with Crippen molar-refractivity contribution in [2.24, 2.45) is 0 Å². The maximum absolute atomic E-state index is 5.53. The molecule has 17 heavy (non-hydrogen) atoms. The van der Waals surface area contributed by atoms with E-state index in [1.807, 2.05) is 0 Å². The summed E-state index contributed by atoms with van der Waals surface area (Å²) in [5.41, 5.74) is 5.50. The average Bonchev–Trinajstić information content (AvgIpc) is 2.82. The zero-order chi connectivity index (χ0) is 11.7. The number of hydrogen-bond acceptors (Lipinski definition) is 1. The van der Waals surface area contributed by atoms with Gasteiger partial charge in [-0.3, -0.25) is 0 Å². The summed E-state index contributed by atoms with van der Waals surface area (Å²) in [6.45, 7) is 0. The minimum absolute atomic E-state index is 0.286. The van der Waals surface area contributed by atoms with E-state index in [1.54, 1.807) is 7.11 Å². The van der Waals surface area contributed by atoms with Crippen molar-refractivity contribution < 1.29 is 4.74 Å². The molecule has 1 heteroatoms. The van der Waals surface area contributed by atoms with Gasteiger partial charge >= 0.3 is 0 Å². The van der Waals surface area contributed by atoms with Crippen LogP contribution in [0.3, 0.4) is 0 Å². The summed E-state index contributed by atoms with van der Waals surface area (Å²) in [7, 11) is 1.80. The highest BCUT2D eigenvalue weighted by atomic mass is 16.5. The highest BCUT2D eigenvalue weighted by molar-refractivity contribution is 5.69. The Morgan fingerprint density at radius 2 is 1.82 bits per heavy atom. The second kappa shape index (κ2) is 4.34. The third kappa shape index (κ3) is 1.77. The zero-order valence-corrected chi connectivity index (χ0v) is 10.0. The van der Waals surface area contributed by atoms with Gasteiger partial charge in [0.05, 0.1) is 6.10 Å². The van der Waals surface area contributed by atoms with Gasteiger partial charge in [0.2, 0.25) is 0 Å². The fraction of sp³-hybridized carbons (Fsp3) is 0.250. The molecule has 1 aliphatic carbocycles. The molecule has 0 amide bonds. The third-order valence-electron chi connectivity index (χ3n) is 3.58. The number of benzene rings is 2.